The van der Waals surface area contributed by atoms with Gasteiger partial charge in [0, 0.05) is 24.7 Å². The minimum atomic E-state index is -0.227. The van der Waals surface area contributed by atoms with E-state index in [-0.39, 0.29) is 12.1 Å². The van der Waals surface area contributed by atoms with Crippen LogP contribution >= 0.6 is 35.4 Å². The molecule has 1 aromatic carbocycles. The zero-order valence-electron chi connectivity index (χ0n) is 11.3. The van der Waals surface area contributed by atoms with Gasteiger partial charge in [-0.25, -0.2) is 4.79 Å². The smallest absolute Gasteiger partial charge is 0.322 e. The lowest BCUT2D eigenvalue weighted by Gasteiger charge is -2.26. The van der Waals surface area contributed by atoms with Gasteiger partial charge in [-0.05, 0) is 32.0 Å². The molecule has 0 atom stereocenters. The molecule has 1 aromatic rings. The number of rotatable bonds is 5. The highest BCUT2D eigenvalue weighted by Gasteiger charge is 2.17. The SMILES string of the molecule is CC(C)N(CCC(N)=S)C(=O)Nc1ccc(Cl)c(Cl)c1. The standard InChI is InChI=1S/C13H17Cl2N3OS/c1-8(2)18(6-5-12(16)20)13(19)17-9-3-4-10(14)11(15)7-9/h3-4,7-8H,5-6H2,1-2H3,(H2,16,20)(H,17,19). The van der Waals surface area contributed by atoms with Crippen molar-refractivity contribution in [2.45, 2.75) is 26.3 Å². The molecule has 0 aliphatic carbocycles. The molecule has 0 aliphatic rings. The number of nitrogens with zero attached hydrogens (tertiary/aromatic N) is 1. The third kappa shape index (κ3) is 5.15. The minimum Gasteiger partial charge on any atom is -0.393 e. The fraction of sp³-hybridized carbons (Fsp3) is 0.385. The van der Waals surface area contributed by atoms with Gasteiger partial charge < -0.3 is 16.0 Å². The van der Waals surface area contributed by atoms with Crippen molar-refractivity contribution in [1.82, 2.24) is 4.90 Å². The number of carbonyl (C=O) groups excluding carboxylic acids is 1. The van der Waals surface area contributed by atoms with Crippen LogP contribution in [0, 0.1) is 0 Å². The average molecular weight is 334 g/mol. The molecule has 0 spiro atoms. The van der Waals surface area contributed by atoms with E-state index in [9.17, 15) is 4.79 Å². The van der Waals surface area contributed by atoms with Crippen LogP contribution in [0.1, 0.15) is 20.3 Å². The lowest BCUT2D eigenvalue weighted by molar-refractivity contribution is 0.199. The Bertz CT molecular complexity index is 508. The second kappa shape index (κ2) is 7.67. The third-order valence-corrected chi connectivity index (χ3v) is 3.60. The maximum Gasteiger partial charge on any atom is 0.322 e. The first-order valence-corrected chi connectivity index (χ1v) is 7.28. The van der Waals surface area contributed by atoms with Crippen LogP contribution in [-0.2, 0) is 0 Å². The molecule has 1 rings (SSSR count). The Balaban J connectivity index is 2.74. The number of anilines is 1. The van der Waals surface area contributed by atoms with E-state index in [1.54, 1.807) is 23.1 Å². The number of nitrogens with one attached hydrogen (secondary N) is 1. The first-order chi connectivity index (χ1) is 9.31. The average Bonchev–Trinajstić information content (AvgIpc) is 2.33. The van der Waals surface area contributed by atoms with Crippen molar-refractivity contribution in [2.75, 3.05) is 11.9 Å². The van der Waals surface area contributed by atoms with E-state index < -0.39 is 0 Å². The summed E-state index contributed by atoms with van der Waals surface area (Å²) in [7, 11) is 0. The number of thiocarbonyl (C=S) groups is 1. The number of hydrogen-bond acceptors (Lipinski definition) is 2. The molecule has 0 heterocycles. The summed E-state index contributed by atoms with van der Waals surface area (Å²) in [5.74, 6) is 0. The van der Waals surface area contributed by atoms with E-state index in [4.69, 9.17) is 41.2 Å². The van der Waals surface area contributed by atoms with Gasteiger partial charge in [-0.15, -0.1) is 0 Å². The van der Waals surface area contributed by atoms with Gasteiger partial charge in [0.2, 0.25) is 0 Å². The molecule has 0 aromatic heterocycles. The molecule has 110 valence electrons. The summed E-state index contributed by atoms with van der Waals surface area (Å²) in [5.41, 5.74) is 6.06. The number of hydrogen-bond donors (Lipinski definition) is 2. The van der Waals surface area contributed by atoms with Gasteiger partial charge >= 0.3 is 6.03 Å². The number of urea groups is 1. The van der Waals surface area contributed by atoms with Gasteiger partial charge in [-0.3, -0.25) is 0 Å². The molecular formula is C13H17Cl2N3OS. The quantitative estimate of drug-likeness (QED) is 0.803. The van der Waals surface area contributed by atoms with Crippen molar-refractivity contribution in [3.8, 4) is 0 Å². The molecule has 0 bridgehead atoms. The van der Waals surface area contributed by atoms with Crippen LogP contribution in [0.25, 0.3) is 0 Å². The number of nitrogens with two attached hydrogens (primary N) is 1. The lowest BCUT2D eigenvalue weighted by atomic mass is 10.3. The summed E-state index contributed by atoms with van der Waals surface area (Å²) in [6.07, 6.45) is 0.488. The van der Waals surface area contributed by atoms with E-state index in [0.717, 1.165) is 0 Å². The Morgan fingerprint density at radius 3 is 2.55 bits per heavy atom. The molecule has 3 N–H and O–H groups in total. The van der Waals surface area contributed by atoms with Crippen LogP contribution < -0.4 is 11.1 Å². The maximum atomic E-state index is 12.2. The highest BCUT2D eigenvalue weighted by atomic mass is 35.5. The van der Waals surface area contributed by atoms with Crippen molar-refractivity contribution in [2.24, 2.45) is 5.73 Å². The summed E-state index contributed by atoms with van der Waals surface area (Å²) in [5, 5.41) is 3.61. The zero-order valence-corrected chi connectivity index (χ0v) is 13.6. The topological polar surface area (TPSA) is 58.4 Å². The van der Waals surface area contributed by atoms with Crippen molar-refractivity contribution >= 4 is 52.1 Å². The normalized spacial score (nSPS) is 10.4. The van der Waals surface area contributed by atoms with Gasteiger partial charge in [0.1, 0.15) is 0 Å². The number of amides is 2. The van der Waals surface area contributed by atoms with Crippen molar-refractivity contribution in [3.63, 3.8) is 0 Å². The van der Waals surface area contributed by atoms with Crippen LogP contribution in [0.15, 0.2) is 18.2 Å². The highest BCUT2D eigenvalue weighted by molar-refractivity contribution is 7.80. The van der Waals surface area contributed by atoms with Gasteiger partial charge in [-0.1, -0.05) is 35.4 Å². The van der Waals surface area contributed by atoms with Crippen molar-refractivity contribution in [1.29, 1.82) is 0 Å². The summed E-state index contributed by atoms with van der Waals surface area (Å²) in [6.45, 7) is 4.32. The Hall–Kier alpha value is -1.04. The van der Waals surface area contributed by atoms with Crippen LogP contribution in [0.4, 0.5) is 10.5 Å². The Kier molecular flexibility index (Phi) is 6.52. The molecule has 0 radical (unpaired) electrons. The van der Waals surface area contributed by atoms with Crippen molar-refractivity contribution < 1.29 is 4.79 Å². The van der Waals surface area contributed by atoms with E-state index in [1.165, 1.54) is 0 Å². The van der Waals surface area contributed by atoms with E-state index >= 15 is 0 Å². The predicted octanol–water partition coefficient (Wildman–Crippen LogP) is 3.91. The van der Waals surface area contributed by atoms with Gasteiger partial charge in [0.15, 0.2) is 0 Å². The molecule has 20 heavy (non-hydrogen) atoms. The second-order valence-electron chi connectivity index (χ2n) is 4.56. The van der Waals surface area contributed by atoms with Crippen LogP contribution in [0.5, 0.6) is 0 Å². The first kappa shape index (κ1) is 17.0. The van der Waals surface area contributed by atoms with Crippen LogP contribution in [0.2, 0.25) is 10.0 Å². The molecule has 2 amide bonds. The third-order valence-electron chi connectivity index (χ3n) is 2.65. The van der Waals surface area contributed by atoms with E-state index in [0.29, 0.717) is 33.7 Å². The number of halogens is 2. The monoisotopic (exact) mass is 333 g/mol. The van der Waals surface area contributed by atoms with E-state index in [2.05, 4.69) is 5.32 Å². The van der Waals surface area contributed by atoms with E-state index in [1.807, 2.05) is 13.8 Å². The molecule has 0 fully saturated rings. The Morgan fingerprint density at radius 2 is 2.05 bits per heavy atom. The van der Waals surface area contributed by atoms with Crippen LogP contribution in [-0.4, -0.2) is 28.5 Å². The summed E-state index contributed by atoms with van der Waals surface area (Å²) in [6, 6.07) is 4.74. The summed E-state index contributed by atoms with van der Waals surface area (Å²) in [4.78, 5) is 14.3. The first-order valence-electron chi connectivity index (χ1n) is 6.12. The summed E-state index contributed by atoms with van der Waals surface area (Å²) >= 11 is 16.6. The minimum absolute atomic E-state index is 0.0344. The maximum absolute atomic E-state index is 12.2. The molecule has 0 aliphatic heterocycles. The van der Waals surface area contributed by atoms with Gasteiger partial charge in [-0.2, -0.15) is 0 Å². The Labute approximate surface area is 134 Å². The van der Waals surface area contributed by atoms with Gasteiger partial charge in [0.25, 0.3) is 0 Å². The Morgan fingerprint density at radius 1 is 1.40 bits per heavy atom. The lowest BCUT2D eigenvalue weighted by Crippen LogP contribution is -2.41. The molecule has 0 unspecified atom stereocenters. The fourth-order valence-electron chi connectivity index (χ4n) is 1.59. The summed E-state index contributed by atoms with van der Waals surface area (Å²) < 4.78 is 0. The fourth-order valence-corrected chi connectivity index (χ4v) is 1.98. The molecule has 0 saturated carbocycles. The van der Waals surface area contributed by atoms with Crippen molar-refractivity contribution in [3.05, 3.63) is 28.2 Å². The largest absolute Gasteiger partial charge is 0.393 e. The molecule has 7 heteroatoms. The number of benzene rings is 1. The molecule has 0 saturated heterocycles. The molecule has 4 nitrogen and oxygen atoms in total. The van der Waals surface area contributed by atoms with Gasteiger partial charge in [0.05, 0.1) is 15.0 Å². The molecular weight excluding hydrogens is 317 g/mol. The second-order valence-corrected chi connectivity index (χ2v) is 5.90. The number of carbonyl (C=O) groups is 1. The van der Waals surface area contributed by atoms with Crippen LogP contribution in [0.3, 0.4) is 0 Å². The predicted molar refractivity (Wildman–Crippen MR) is 88.7 cm³/mol. The highest BCUT2D eigenvalue weighted by Crippen LogP contribution is 2.25. The zero-order chi connectivity index (χ0) is 15.3.